The van der Waals surface area contributed by atoms with Crippen LogP contribution >= 0.6 is 0 Å². The highest BCUT2D eigenvalue weighted by molar-refractivity contribution is 7.88. The van der Waals surface area contributed by atoms with Gasteiger partial charge in [0.2, 0.25) is 10.0 Å². The van der Waals surface area contributed by atoms with E-state index in [0.29, 0.717) is 32.5 Å². The zero-order chi connectivity index (χ0) is 17.7. The Morgan fingerprint density at radius 3 is 2.33 bits per heavy atom. The number of urea groups is 1. The van der Waals surface area contributed by atoms with Crippen molar-refractivity contribution >= 4 is 16.1 Å². The second-order valence-electron chi connectivity index (χ2n) is 6.59. The largest absolute Gasteiger partial charge is 0.335 e. The quantitative estimate of drug-likeness (QED) is 0.880. The van der Waals surface area contributed by atoms with Crippen LogP contribution in [0.5, 0.6) is 0 Å². The molecule has 0 aromatic heterocycles. The molecule has 24 heavy (non-hydrogen) atoms. The summed E-state index contributed by atoms with van der Waals surface area (Å²) in [6.45, 7) is 5.48. The maximum Gasteiger partial charge on any atom is 0.318 e. The summed E-state index contributed by atoms with van der Waals surface area (Å²) < 4.78 is 24.6. The van der Waals surface area contributed by atoms with Crippen LogP contribution in [0.2, 0.25) is 0 Å². The molecule has 1 aliphatic rings. The van der Waals surface area contributed by atoms with E-state index in [1.54, 1.807) is 4.90 Å². The first-order chi connectivity index (χ1) is 11.3. The van der Waals surface area contributed by atoms with Gasteiger partial charge in [-0.3, -0.25) is 0 Å². The minimum atomic E-state index is -3.14. The molecule has 134 valence electrons. The molecule has 0 bridgehead atoms. The molecule has 0 aliphatic carbocycles. The Kier molecular flexibility index (Phi) is 6.23. The molecule has 0 atom stereocenters. The van der Waals surface area contributed by atoms with Gasteiger partial charge in [-0.05, 0) is 32.3 Å². The predicted molar refractivity (Wildman–Crippen MR) is 95.1 cm³/mol. The van der Waals surface area contributed by atoms with Crippen LogP contribution < -0.4 is 5.32 Å². The topological polar surface area (TPSA) is 69.7 Å². The third-order valence-electron chi connectivity index (χ3n) is 4.33. The lowest BCUT2D eigenvalue weighted by Crippen LogP contribution is -2.51. The van der Waals surface area contributed by atoms with E-state index in [2.05, 4.69) is 5.32 Å². The number of amides is 2. The summed E-state index contributed by atoms with van der Waals surface area (Å²) in [4.78, 5) is 14.4. The molecular formula is C17H27N3O3S. The van der Waals surface area contributed by atoms with Gasteiger partial charge < -0.3 is 10.2 Å². The van der Waals surface area contributed by atoms with Crippen LogP contribution in [-0.4, -0.2) is 55.1 Å². The van der Waals surface area contributed by atoms with Crippen LogP contribution in [0.1, 0.15) is 32.3 Å². The molecule has 1 aromatic rings. The van der Waals surface area contributed by atoms with Gasteiger partial charge in [-0.15, -0.1) is 0 Å². The molecular weight excluding hydrogens is 326 g/mol. The second kappa shape index (κ2) is 7.98. The maximum absolute atomic E-state index is 12.6. The van der Waals surface area contributed by atoms with Crippen LogP contribution in [0.3, 0.4) is 0 Å². The van der Waals surface area contributed by atoms with Crippen molar-refractivity contribution in [3.05, 3.63) is 35.9 Å². The minimum absolute atomic E-state index is 0.0209. The molecule has 0 radical (unpaired) electrons. The third kappa shape index (κ3) is 5.21. The maximum atomic E-state index is 12.6. The Hall–Kier alpha value is -1.60. The van der Waals surface area contributed by atoms with E-state index in [0.717, 1.165) is 5.56 Å². The Morgan fingerprint density at radius 1 is 1.25 bits per heavy atom. The first-order valence-corrected chi connectivity index (χ1v) is 10.2. The second-order valence-corrected chi connectivity index (χ2v) is 8.58. The molecule has 0 spiro atoms. The number of benzene rings is 1. The van der Waals surface area contributed by atoms with Gasteiger partial charge in [0, 0.05) is 31.7 Å². The van der Waals surface area contributed by atoms with Gasteiger partial charge in [0.1, 0.15) is 0 Å². The SMILES string of the molecule is CC(C)N(Cc1ccccc1)C(=O)NC1CCN(S(C)(=O)=O)CC1. The standard InChI is InChI=1S/C17H27N3O3S/c1-14(2)20(13-15-7-5-4-6-8-15)17(21)18-16-9-11-19(12-10-16)24(3,22)23/h4-8,14,16H,9-13H2,1-3H3,(H,18,21). The van der Waals surface area contributed by atoms with Crippen LogP contribution in [-0.2, 0) is 16.6 Å². The summed E-state index contributed by atoms with van der Waals surface area (Å²) in [6, 6.07) is 9.92. The smallest absolute Gasteiger partial charge is 0.318 e. The van der Waals surface area contributed by atoms with Crippen LogP contribution in [0.4, 0.5) is 4.79 Å². The number of hydrogen-bond donors (Lipinski definition) is 1. The van der Waals surface area contributed by atoms with Crippen molar-refractivity contribution in [1.82, 2.24) is 14.5 Å². The fourth-order valence-electron chi connectivity index (χ4n) is 2.86. The summed E-state index contributed by atoms with van der Waals surface area (Å²) in [5.74, 6) is 0. The first kappa shape index (κ1) is 18.7. The van der Waals surface area contributed by atoms with Gasteiger partial charge >= 0.3 is 6.03 Å². The Morgan fingerprint density at radius 2 is 1.83 bits per heavy atom. The van der Waals surface area contributed by atoms with Crippen LogP contribution in [0.15, 0.2) is 30.3 Å². The average molecular weight is 353 g/mol. The van der Waals surface area contributed by atoms with Gasteiger partial charge in [0.15, 0.2) is 0 Å². The molecule has 2 amide bonds. The molecule has 1 heterocycles. The highest BCUT2D eigenvalue weighted by atomic mass is 32.2. The minimum Gasteiger partial charge on any atom is -0.335 e. The van der Waals surface area contributed by atoms with E-state index in [9.17, 15) is 13.2 Å². The first-order valence-electron chi connectivity index (χ1n) is 8.33. The molecule has 1 saturated heterocycles. The van der Waals surface area contributed by atoms with Gasteiger partial charge in [-0.2, -0.15) is 0 Å². The van der Waals surface area contributed by atoms with Gasteiger partial charge in [-0.25, -0.2) is 17.5 Å². The lowest BCUT2D eigenvalue weighted by atomic mass is 10.1. The van der Waals surface area contributed by atoms with Crippen molar-refractivity contribution in [3.63, 3.8) is 0 Å². The van der Waals surface area contributed by atoms with Gasteiger partial charge in [0.25, 0.3) is 0 Å². The summed E-state index contributed by atoms with van der Waals surface area (Å²) >= 11 is 0. The Labute approximate surface area is 144 Å². The lowest BCUT2D eigenvalue weighted by Gasteiger charge is -2.33. The molecule has 2 rings (SSSR count). The number of rotatable bonds is 5. The zero-order valence-corrected chi connectivity index (χ0v) is 15.4. The Bertz CT molecular complexity index is 638. The van der Waals surface area contributed by atoms with Crippen molar-refractivity contribution in [1.29, 1.82) is 0 Å². The molecule has 1 fully saturated rings. The number of carbonyl (C=O) groups excluding carboxylic acids is 1. The number of nitrogens with one attached hydrogen (secondary N) is 1. The van der Waals surface area contributed by atoms with E-state index >= 15 is 0 Å². The van der Waals surface area contributed by atoms with E-state index in [1.165, 1.54) is 10.6 Å². The van der Waals surface area contributed by atoms with E-state index in [4.69, 9.17) is 0 Å². The number of carbonyl (C=O) groups is 1. The predicted octanol–water partition coefficient (Wildman–Crippen LogP) is 2.03. The zero-order valence-electron chi connectivity index (χ0n) is 14.6. The molecule has 7 heteroatoms. The van der Waals surface area contributed by atoms with E-state index in [1.807, 2.05) is 44.2 Å². The molecule has 1 aliphatic heterocycles. The van der Waals surface area contributed by atoms with Crippen molar-refractivity contribution < 1.29 is 13.2 Å². The lowest BCUT2D eigenvalue weighted by molar-refractivity contribution is 0.170. The molecule has 6 nitrogen and oxygen atoms in total. The fraction of sp³-hybridized carbons (Fsp3) is 0.588. The highest BCUT2D eigenvalue weighted by Gasteiger charge is 2.27. The van der Waals surface area contributed by atoms with Crippen LogP contribution in [0, 0.1) is 0 Å². The van der Waals surface area contributed by atoms with Gasteiger partial charge in [-0.1, -0.05) is 30.3 Å². The highest BCUT2D eigenvalue weighted by Crippen LogP contribution is 2.15. The summed E-state index contributed by atoms with van der Waals surface area (Å²) in [5, 5.41) is 3.06. The van der Waals surface area contributed by atoms with Crippen molar-refractivity contribution in [2.45, 2.75) is 45.3 Å². The van der Waals surface area contributed by atoms with Crippen molar-refractivity contribution in [2.75, 3.05) is 19.3 Å². The van der Waals surface area contributed by atoms with E-state index in [-0.39, 0.29) is 18.1 Å². The Balaban J connectivity index is 1.92. The third-order valence-corrected chi connectivity index (χ3v) is 5.63. The molecule has 0 unspecified atom stereocenters. The summed E-state index contributed by atoms with van der Waals surface area (Å²) in [6.07, 6.45) is 2.53. The van der Waals surface area contributed by atoms with Crippen LogP contribution in [0.25, 0.3) is 0 Å². The molecule has 1 aromatic carbocycles. The normalized spacial score (nSPS) is 17.0. The average Bonchev–Trinajstić information content (AvgIpc) is 2.53. The molecule has 0 saturated carbocycles. The molecule has 1 N–H and O–H groups in total. The fourth-order valence-corrected chi connectivity index (χ4v) is 3.73. The van der Waals surface area contributed by atoms with Gasteiger partial charge in [0.05, 0.1) is 6.26 Å². The summed E-state index contributed by atoms with van der Waals surface area (Å²) in [7, 11) is -3.14. The number of hydrogen-bond acceptors (Lipinski definition) is 3. The van der Waals surface area contributed by atoms with Crippen molar-refractivity contribution in [3.8, 4) is 0 Å². The van der Waals surface area contributed by atoms with Crippen molar-refractivity contribution in [2.24, 2.45) is 0 Å². The number of nitrogens with zero attached hydrogens (tertiary/aromatic N) is 2. The van der Waals surface area contributed by atoms with E-state index < -0.39 is 10.0 Å². The number of sulfonamides is 1. The summed E-state index contributed by atoms with van der Waals surface area (Å²) in [5.41, 5.74) is 1.09. The monoisotopic (exact) mass is 353 g/mol. The number of piperidine rings is 1.